The van der Waals surface area contributed by atoms with E-state index in [4.69, 9.17) is 0 Å². The normalized spacial score (nSPS) is 21.0. The number of nitrogens with zero attached hydrogens (tertiary/aromatic N) is 2. The molecule has 1 aromatic rings. The summed E-state index contributed by atoms with van der Waals surface area (Å²) in [7, 11) is 0. The van der Waals surface area contributed by atoms with E-state index in [-0.39, 0.29) is 5.56 Å². The SMILES string of the molecule is O=C(c1cccc(F)c1F)N1CCC(N2CCCC2)CC1. The van der Waals surface area contributed by atoms with Crippen molar-refractivity contribution in [2.75, 3.05) is 26.2 Å². The molecule has 1 amide bonds. The summed E-state index contributed by atoms with van der Waals surface area (Å²) in [4.78, 5) is 16.4. The molecule has 3 nitrogen and oxygen atoms in total. The zero-order valence-electron chi connectivity index (χ0n) is 12.0. The van der Waals surface area contributed by atoms with Gasteiger partial charge in [-0.1, -0.05) is 6.07 Å². The molecule has 0 radical (unpaired) electrons. The number of benzene rings is 1. The number of halogens is 2. The van der Waals surface area contributed by atoms with Gasteiger partial charge in [-0.2, -0.15) is 0 Å². The average Bonchev–Trinajstić information content (AvgIpc) is 3.04. The number of likely N-dealkylation sites (tertiary alicyclic amines) is 2. The van der Waals surface area contributed by atoms with E-state index in [9.17, 15) is 13.6 Å². The average molecular weight is 294 g/mol. The maximum Gasteiger partial charge on any atom is 0.256 e. The third kappa shape index (κ3) is 2.93. The van der Waals surface area contributed by atoms with Crippen molar-refractivity contribution in [1.82, 2.24) is 9.80 Å². The molecule has 0 bridgehead atoms. The van der Waals surface area contributed by atoms with Gasteiger partial charge in [0.2, 0.25) is 0 Å². The van der Waals surface area contributed by atoms with Crippen molar-refractivity contribution in [2.24, 2.45) is 0 Å². The second-order valence-corrected chi connectivity index (χ2v) is 5.87. The van der Waals surface area contributed by atoms with Gasteiger partial charge < -0.3 is 9.80 Å². The third-order valence-electron chi connectivity index (χ3n) is 4.59. The molecule has 0 aromatic heterocycles. The van der Waals surface area contributed by atoms with Crippen molar-refractivity contribution in [2.45, 2.75) is 31.7 Å². The Balaban J connectivity index is 1.63. The van der Waals surface area contributed by atoms with Gasteiger partial charge in [-0.3, -0.25) is 4.79 Å². The Morgan fingerprint density at radius 2 is 1.71 bits per heavy atom. The molecule has 21 heavy (non-hydrogen) atoms. The standard InChI is InChI=1S/C16H20F2N2O/c17-14-5-3-4-13(15(14)18)16(21)20-10-6-12(7-11-20)19-8-1-2-9-19/h3-5,12H,1-2,6-11H2. The lowest BCUT2D eigenvalue weighted by molar-refractivity contribution is 0.0639. The second-order valence-electron chi connectivity index (χ2n) is 5.87. The van der Waals surface area contributed by atoms with Crippen LogP contribution in [0.1, 0.15) is 36.0 Å². The summed E-state index contributed by atoms with van der Waals surface area (Å²) in [5.74, 6) is -2.40. The molecule has 2 fully saturated rings. The smallest absolute Gasteiger partial charge is 0.256 e. The number of hydrogen-bond donors (Lipinski definition) is 0. The number of carbonyl (C=O) groups excluding carboxylic acids is 1. The van der Waals surface area contributed by atoms with E-state index < -0.39 is 17.5 Å². The Hall–Kier alpha value is -1.49. The molecule has 2 heterocycles. The lowest BCUT2D eigenvalue weighted by atomic mass is 10.0. The molecule has 0 unspecified atom stereocenters. The van der Waals surface area contributed by atoms with Gasteiger partial charge >= 0.3 is 0 Å². The van der Waals surface area contributed by atoms with Crippen LogP contribution in [0.25, 0.3) is 0 Å². The van der Waals surface area contributed by atoms with Gasteiger partial charge in [-0.15, -0.1) is 0 Å². The molecule has 3 rings (SSSR count). The zero-order chi connectivity index (χ0) is 14.8. The van der Waals surface area contributed by atoms with Crippen LogP contribution in [0.5, 0.6) is 0 Å². The van der Waals surface area contributed by atoms with Gasteiger partial charge in [-0.25, -0.2) is 8.78 Å². The molecule has 0 aliphatic carbocycles. The Bertz CT molecular complexity index is 521. The van der Waals surface area contributed by atoms with Crippen LogP contribution in [0.15, 0.2) is 18.2 Å². The Morgan fingerprint density at radius 1 is 1.05 bits per heavy atom. The van der Waals surface area contributed by atoms with E-state index in [1.807, 2.05) is 0 Å². The molecular weight excluding hydrogens is 274 g/mol. The largest absolute Gasteiger partial charge is 0.338 e. The minimum absolute atomic E-state index is 0.158. The maximum atomic E-state index is 13.7. The summed E-state index contributed by atoms with van der Waals surface area (Å²) in [5, 5.41) is 0. The van der Waals surface area contributed by atoms with Crippen molar-refractivity contribution < 1.29 is 13.6 Å². The molecule has 5 heteroatoms. The molecule has 2 aliphatic rings. The van der Waals surface area contributed by atoms with Crippen LogP contribution >= 0.6 is 0 Å². The minimum atomic E-state index is -1.04. The first-order valence-electron chi connectivity index (χ1n) is 7.64. The summed E-state index contributed by atoms with van der Waals surface area (Å²) >= 11 is 0. The summed E-state index contributed by atoms with van der Waals surface area (Å²) in [6.45, 7) is 3.54. The highest BCUT2D eigenvalue weighted by atomic mass is 19.2. The van der Waals surface area contributed by atoms with Gasteiger partial charge in [0.05, 0.1) is 5.56 Å². The first-order chi connectivity index (χ1) is 10.2. The van der Waals surface area contributed by atoms with Crippen molar-refractivity contribution in [3.8, 4) is 0 Å². The molecule has 2 aliphatic heterocycles. The first kappa shape index (κ1) is 14.4. The van der Waals surface area contributed by atoms with E-state index in [1.54, 1.807) is 4.90 Å². The number of piperidine rings is 1. The first-order valence-corrected chi connectivity index (χ1v) is 7.64. The molecule has 114 valence electrons. The summed E-state index contributed by atoms with van der Waals surface area (Å²) in [5.41, 5.74) is -0.158. The summed E-state index contributed by atoms with van der Waals surface area (Å²) in [6, 6.07) is 4.30. The Kier molecular flexibility index (Phi) is 4.19. The van der Waals surface area contributed by atoms with Crippen LogP contribution in [0.4, 0.5) is 8.78 Å². The van der Waals surface area contributed by atoms with Crippen molar-refractivity contribution in [3.63, 3.8) is 0 Å². The van der Waals surface area contributed by atoms with Crippen LogP contribution in [-0.2, 0) is 0 Å². The molecule has 1 aromatic carbocycles. The quantitative estimate of drug-likeness (QED) is 0.837. The van der Waals surface area contributed by atoms with Crippen molar-refractivity contribution in [3.05, 3.63) is 35.4 Å². The number of amides is 1. The highest BCUT2D eigenvalue weighted by Crippen LogP contribution is 2.23. The van der Waals surface area contributed by atoms with E-state index in [2.05, 4.69) is 4.90 Å². The fourth-order valence-corrected chi connectivity index (χ4v) is 3.38. The number of rotatable bonds is 2. The molecule has 0 atom stereocenters. The van der Waals surface area contributed by atoms with E-state index in [1.165, 1.54) is 25.0 Å². The van der Waals surface area contributed by atoms with Gasteiger partial charge in [0.15, 0.2) is 11.6 Å². The Labute approximate surface area is 123 Å². The highest BCUT2D eigenvalue weighted by molar-refractivity contribution is 5.94. The number of hydrogen-bond acceptors (Lipinski definition) is 2. The molecule has 0 N–H and O–H groups in total. The lowest BCUT2D eigenvalue weighted by Gasteiger charge is -2.36. The van der Waals surface area contributed by atoms with Gasteiger partial charge in [0.1, 0.15) is 0 Å². The molecular formula is C16H20F2N2O. The molecule has 2 saturated heterocycles. The van der Waals surface area contributed by atoms with E-state index >= 15 is 0 Å². The Morgan fingerprint density at radius 3 is 2.38 bits per heavy atom. The van der Waals surface area contributed by atoms with Crippen LogP contribution in [0.2, 0.25) is 0 Å². The van der Waals surface area contributed by atoms with Crippen LogP contribution in [-0.4, -0.2) is 47.9 Å². The van der Waals surface area contributed by atoms with Crippen molar-refractivity contribution >= 4 is 5.91 Å². The fraction of sp³-hybridized carbons (Fsp3) is 0.562. The van der Waals surface area contributed by atoms with Crippen LogP contribution in [0.3, 0.4) is 0 Å². The molecule has 0 spiro atoms. The van der Waals surface area contributed by atoms with Gasteiger partial charge in [0, 0.05) is 19.1 Å². The highest BCUT2D eigenvalue weighted by Gasteiger charge is 2.29. The predicted molar refractivity (Wildman–Crippen MR) is 76.1 cm³/mol. The van der Waals surface area contributed by atoms with E-state index in [0.29, 0.717) is 19.1 Å². The summed E-state index contributed by atoms with van der Waals surface area (Å²) < 4.78 is 26.9. The summed E-state index contributed by atoms with van der Waals surface area (Å²) in [6.07, 6.45) is 4.35. The third-order valence-corrected chi connectivity index (χ3v) is 4.59. The monoisotopic (exact) mass is 294 g/mol. The molecule has 0 saturated carbocycles. The van der Waals surface area contributed by atoms with Crippen molar-refractivity contribution in [1.29, 1.82) is 0 Å². The van der Waals surface area contributed by atoms with Gasteiger partial charge in [0.25, 0.3) is 5.91 Å². The topological polar surface area (TPSA) is 23.6 Å². The minimum Gasteiger partial charge on any atom is -0.338 e. The maximum absolute atomic E-state index is 13.7. The zero-order valence-corrected chi connectivity index (χ0v) is 12.0. The van der Waals surface area contributed by atoms with E-state index in [0.717, 1.165) is 32.0 Å². The lowest BCUT2D eigenvalue weighted by Crippen LogP contribution is -2.46. The second kappa shape index (κ2) is 6.10. The van der Waals surface area contributed by atoms with Crippen LogP contribution in [0, 0.1) is 11.6 Å². The van der Waals surface area contributed by atoms with Gasteiger partial charge in [-0.05, 0) is 50.9 Å². The number of carbonyl (C=O) groups is 1. The van der Waals surface area contributed by atoms with Crippen LogP contribution < -0.4 is 0 Å². The fourth-order valence-electron chi connectivity index (χ4n) is 3.38. The predicted octanol–water partition coefficient (Wildman–Crippen LogP) is 2.67.